The number of rotatable bonds is 13. The highest BCUT2D eigenvalue weighted by Crippen LogP contribution is 2.39. The number of nitrogens with zero attached hydrogens (tertiary/aromatic N) is 4. The Morgan fingerprint density at radius 2 is 1.90 bits per heavy atom. The lowest BCUT2D eigenvalue weighted by molar-refractivity contribution is -0.166. The molecule has 1 fully saturated rings. The van der Waals surface area contributed by atoms with E-state index in [1.54, 1.807) is 56.6 Å². The molecule has 1 aromatic carbocycles. The molecule has 0 saturated heterocycles. The van der Waals surface area contributed by atoms with E-state index < -0.39 is 11.8 Å². The van der Waals surface area contributed by atoms with Gasteiger partial charge in [-0.15, -0.1) is 0 Å². The number of amides is 3. The van der Waals surface area contributed by atoms with E-state index >= 15 is 0 Å². The second-order valence-corrected chi connectivity index (χ2v) is 11.5. The van der Waals surface area contributed by atoms with Crippen LogP contribution in [0.15, 0.2) is 42.6 Å². The van der Waals surface area contributed by atoms with Crippen molar-refractivity contribution in [1.29, 1.82) is 0 Å². The van der Waals surface area contributed by atoms with Crippen LogP contribution in [-0.4, -0.2) is 97.4 Å². The van der Waals surface area contributed by atoms with E-state index in [0.29, 0.717) is 18.9 Å². The van der Waals surface area contributed by atoms with Crippen LogP contribution < -0.4 is 5.32 Å². The third kappa shape index (κ3) is 8.78. The topological polar surface area (TPSA) is 94.7 Å². The summed E-state index contributed by atoms with van der Waals surface area (Å²) in [7, 11) is 6.76. The van der Waals surface area contributed by atoms with Gasteiger partial charge in [-0.1, -0.05) is 18.2 Å². The van der Waals surface area contributed by atoms with Crippen molar-refractivity contribution in [3.05, 3.63) is 59.6 Å². The molecule has 1 heterocycles. The highest BCUT2D eigenvalue weighted by Gasteiger charge is 2.38. The lowest BCUT2D eigenvalue weighted by atomic mass is 10.0. The lowest BCUT2D eigenvalue weighted by Gasteiger charge is -2.42. The molecule has 1 saturated carbocycles. The summed E-state index contributed by atoms with van der Waals surface area (Å²) < 4.78 is 24.9. The van der Waals surface area contributed by atoms with Gasteiger partial charge in [0.1, 0.15) is 18.9 Å². The number of carbonyl (C=O) groups is 3. The van der Waals surface area contributed by atoms with Crippen LogP contribution in [0.5, 0.6) is 0 Å². The Hall–Kier alpha value is -3.44. The summed E-state index contributed by atoms with van der Waals surface area (Å²) >= 11 is 0. The summed E-state index contributed by atoms with van der Waals surface area (Å²) in [6.07, 6.45) is 6.93. The third-order valence-corrected chi connectivity index (χ3v) is 8.18. The van der Waals surface area contributed by atoms with Crippen molar-refractivity contribution in [1.82, 2.24) is 25.1 Å². The first-order valence-electron chi connectivity index (χ1n) is 14.4. The molecule has 1 N–H and O–H groups in total. The maximum absolute atomic E-state index is 13.8. The number of likely N-dealkylation sites (N-methyl/N-ethyl adjacent to an activating group) is 2. The summed E-state index contributed by atoms with van der Waals surface area (Å²) in [5, 5.41) is 6.04. The Morgan fingerprint density at radius 3 is 2.52 bits per heavy atom. The minimum absolute atomic E-state index is 0.0853. The number of nitrogens with one attached hydrogen (secondary N) is 1. The molecule has 10 nitrogen and oxygen atoms in total. The van der Waals surface area contributed by atoms with Crippen LogP contribution in [0.25, 0.3) is 0 Å². The highest BCUT2D eigenvalue weighted by molar-refractivity contribution is 5.82. The van der Waals surface area contributed by atoms with Gasteiger partial charge in [-0.2, -0.15) is 5.01 Å². The molecule has 1 unspecified atom stereocenters. The highest BCUT2D eigenvalue weighted by atomic mass is 19.1. The molecule has 2 aliphatic rings. The Labute approximate surface area is 249 Å². The van der Waals surface area contributed by atoms with Gasteiger partial charge in [0.25, 0.3) is 0 Å². The minimum Gasteiger partial charge on any atom is -0.449 e. The Kier molecular flexibility index (Phi) is 11.5. The first kappa shape index (κ1) is 33.1. The number of halogens is 1. The molecule has 2 atom stereocenters. The molecule has 3 amide bonds. The fraction of sp³-hybridized carbons (Fsp3) is 0.581. The van der Waals surface area contributed by atoms with Gasteiger partial charge in [0.2, 0.25) is 11.8 Å². The lowest BCUT2D eigenvalue weighted by Crippen LogP contribution is -2.54. The number of alkyl carbamates (subject to hydrolysis) is 1. The molecule has 0 spiro atoms. The minimum atomic E-state index is -0.894. The van der Waals surface area contributed by atoms with Crippen molar-refractivity contribution in [3.8, 4) is 0 Å². The van der Waals surface area contributed by atoms with Gasteiger partial charge < -0.3 is 29.6 Å². The van der Waals surface area contributed by atoms with Crippen LogP contribution in [-0.2, 0) is 32.0 Å². The summed E-state index contributed by atoms with van der Waals surface area (Å²) in [6, 6.07) is 4.83. The van der Waals surface area contributed by atoms with Crippen molar-refractivity contribution in [2.75, 3.05) is 47.9 Å². The molecule has 0 bridgehead atoms. The van der Waals surface area contributed by atoms with Crippen LogP contribution in [0.3, 0.4) is 0 Å². The van der Waals surface area contributed by atoms with E-state index in [4.69, 9.17) is 9.47 Å². The molecule has 42 heavy (non-hydrogen) atoms. The van der Waals surface area contributed by atoms with E-state index in [9.17, 15) is 18.8 Å². The third-order valence-electron chi connectivity index (χ3n) is 8.18. The average Bonchev–Trinajstić information content (AvgIpc) is 3.80. The van der Waals surface area contributed by atoms with E-state index in [2.05, 4.69) is 11.9 Å². The number of hydrogen-bond acceptors (Lipinski definition) is 7. The van der Waals surface area contributed by atoms with Gasteiger partial charge in [0.05, 0.1) is 6.61 Å². The first-order chi connectivity index (χ1) is 19.9. The molecule has 232 valence electrons. The monoisotopic (exact) mass is 587 g/mol. The second-order valence-electron chi connectivity index (χ2n) is 11.5. The quantitative estimate of drug-likeness (QED) is 0.214. The van der Waals surface area contributed by atoms with Gasteiger partial charge in [-0.3, -0.25) is 9.59 Å². The predicted molar refractivity (Wildman–Crippen MR) is 158 cm³/mol. The zero-order valence-corrected chi connectivity index (χ0v) is 25.8. The first-order valence-corrected chi connectivity index (χ1v) is 14.4. The molecule has 1 aliphatic heterocycles. The zero-order valence-electron chi connectivity index (χ0n) is 25.8. The van der Waals surface area contributed by atoms with Crippen LogP contribution in [0.4, 0.5) is 9.18 Å². The molecule has 0 aromatic heterocycles. The van der Waals surface area contributed by atoms with Gasteiger partial charge >= 0.3 is 6.09 Å². The van der Waals surface area contributed by atoms with E-state index in [-0.39, 0.29) is 43.4 Å². The van der Waals surface area contributed by atoms with Crippen LogP contribution in [0, 0.1) is 11.7 Å². The molecule has 3 rings (SSSR count). The smallest absolute Gasteiger partial charge is 0.407 e. The maximum Gasteiger partial charge on any atom is 0.407 e. The number of benzene rings is 1. The van der Waals surface area contributed by atoms with E-state index in [1.165, 1.54) is 11.0 Å². The number of hydrazine groups is 1. The van der Waals surface area contributed by atoms with Gasteiger partial charge in [0, 0.05) is 53.5 Å². The standard InChI is InChI=1S/C31H46FN5O5/c1-8-36(21-29(39)34(4)5)35(6)31(3,41-7)18-22(2)15-16-42-30(40)33-19-28(38)37-20-25-11-13-26(32)17-24(25)12-14-27(37)23-9-10-23/h8,11,13,17-18,23,27H,1,9-10,12,14-16,19-21H2,2-7H3,(H,33,40)/b22-18+/t27-,31?/m0/s1. The van der Waals surface area contributed by atoms with Crippen LogP contribution >= 0.6 is 0 Å². The van der Waals surface area contributed by atoms with Gasteiger partial charge in [-0.05, 0) is 74.8 Å². The zero-order chi connectivity index (χ0) is 31.0. The van der Waals surface area contributed by atoms with Crippen molar-refractivity contribution >= 4 is 17.9 Å². The number of carbonyl (C=O) groups excluding carboxylic acids is 3. The fourth-order valence-electron chi connectivity index (χ4n) is 5.23. The number of hydrogen-bond donors (Lipinski definition) is 1. The van der Waals surface area contributed by atoms with E-state index in [0.717, 1.165) is 42.4 Å². The van der Waals surface area contributed by atoms with Crippen molar-refractivity contribution in [2.24, 2.45) is 5.92 Å². The van der Waals surface area contributed by atoms with Gasteiger partial charge in [0.15, 0.2) is 5.72 Å². The average molecular weight is 588 g/mol. The second kappa shape index (κ2) is 14.6. The summed E-state index contributed by atoms with van der Waals surface area (Å²) in [5.74, 6) is -0.0628. The summed E-state index contributed by atoms with van der Waals surface area (Å²) in [4.78, 5) is 41.2. The van der Waals surface area contributed by atoms with Crippen molar-refractivity contribution in [3.63, 3.8) is 0 Å². The summed E-state index contributed by atoms with van der Waals surface area (Å²) in [6.45, 7) is 8.04. The predicted octanol–water partition coefficient (Wildman–Crippen LogP) is 3.68. The normalized spacial score (nSPS) is 18.4. The number of fused-ring (bicyclic) bond motifs is 1. The fourth-order valence-corrected chi connectivity index (χ4v) is 5.23. The summed E-state index contributed by atoms with van der Waals surface area (Å²) in [5.41, 5.74) is 1.91. The molecular weight excluding hydrogens is 541 g/mol. The van der Waals surface area contributed by atoms with Crippen molar-refractivity contribution < 1.29 is 28.2 Å². The molecule has 1 aliphatic carbocycles. The van der Waals surface area contributed by atoms with Crippen molar-refractivity contribution in [2.45, 2.75) is 64.3 Å². The maximum atomic E-state index is 13.8. The van der Waals surface area contributed by atoms with Crippen LogP contribution in [0.1, 0.15) is 50.7 Å². The molecule has 11 heteroatoms. The number of methoxy groups -OCH3 is 1. The molecule has 1 aromatic rings. The van der Waals surface area contributed by atoms with Gasteiger partial charge in [-0.25, -0.2) is 9.18 Å². The Morgan fingerprint density at radius 1 is 1.19 bits per heavy atom. The van der Waals surface area contributed by atoms with Crippen LogP contribution in [0.2, 0.25) is 0 Å². The SMILES string of the molecule is C=CN(CC(=O)N(C)C)N(C)C(C)(/C=C(\C)CCOC(=O)NCC(=O)N1Cc2ccc(F)cc2CC[C@H]1C1CC1)OC. The van der Waals surface area contributed by atoms with E-state index in [1.807, 2.05) is 24.8 Å². The largest absolute Gasteiger partial charge is 0.449 e. The molecular formula is C31H46FN5O5. The Balaban J connectivity index is 1.51. The number of aryl methyl sites for hydroxylation is 1. The number of ether oxygens (including phenoxy) is 2. The Bertz CT molecular complexity index is 1170. The molecule has 0 radical (unpaired) electrons.